The van der Waals surface area contributed by atoms with Gasteiger partial charge in [0.15, 0.2) is 0 Å². The van der Waals surface area contributed by atoms with Crippen LogP contribution in [-0.2, 0) is 6.42 Å². The zero-order valence-electron chi connectivity index (χ0n) is 11.2. The van der Waals surface area contributed by atoms with Crippen LogP contribution in [0, 0.1) is 5.92 Å². The van der Waals surface area contributed by atoms with Gasteiger partial charge in [-0.15, -0.1) is 0 Å². The number of carboxylic acid groups (broad SMARTS) is 1. The highest BCUT2D eigenvalue weighted by Crippen LogP contribution is 2.21. The predicted molar refractivity (Wildman–Crippen MR) is 75.3 cm³/mol. The average molecular weight is 262 g/mol. The van der Waals surface area contributed by atoms with Crippen LogP contribution in [0.5, 0.6) is 0 Å². The van der Waals surface area contributed by atoms with Crippen LogP contribution in [0.3, 0.4) is 0 Å². The van der Waals surface area contributed by atoms with Crippen LogP contribution in [0.25, 0.3) is 0 Å². The fraction of sp³-hybridized carbons (Fsp3) is 0.533. The van der Waals surface area contributed by atoms with Crippen molar-refractivity contribution in [2.45, 2.75) is 19.3 Å². The maximum Gasteiger partial charge on any atom is 0.404 e. The molecular weight excluding hydrogens is 240 g/mol. The maximum atomic E-state index is 10.4. The second kappa shape index (κ2) is 7.14. The van der Waals surface area contributed by atoms with Gasteiger partial charge in [0.25, 0.3) is 0 Å². The van der Waals surface area contributed by atoms with Crippen molar-refractivity contribution < 1.29 is 9.90 Å². The van der Waals surface area contributed by atoms with E-state index in [1.807, 2.05) is 0 Å². The topological polar surface area (TPSA) is 52.6 Å². The van der Waals surface area contributed by atoms with E-state index < -0.39 is 6.09 Å². The number of benzene rings is 1. The first-order valence-corrected chi connectivity index (χ1v) is 6.97. The van der Waals surface area contributed by atoms with Gasteiger partial charge in [-0.2, -0.15) is 0 Å². The van der Waals surface area contributed by atoms with Gasteiger partial charge in [0, 0.05) is 13.1 Å². The number of hydrogen-bond acceptors (Lipinski definition) is 2. The maximum absolute atomic E-state index is 10.4. The molecule has 1 saturated heterocycles. The number of amides is 1. The number of carbonyl (C=O) groups is 1. The molecule has 1 aliphatic heterocycles. The van der Waals surface area contributed by atoms with E-state index in [9.17, 15) is 4.79 Å². The molecule has 1 amide bonds. The summed E-state index contributed by atoms with van der Waals surface area (Å²) in [6.07, 6.45) is 2.66. The third-order valence-corrected chi connectivity index (χ3v) is 3.78. The van der Waals surface area contributed by atoms with Gasteiger partial charge < -0.3 is 15.3 Å². The summed E-state index contributed by atoms with van der Waals surface area (Å²) in [7, 11) is 0. The monoisotopic (exact) mass is 262 g/mol. The van der Waals surface area contributed by atoms with E-state index in [2.05, 4.69) is 40.5 Å². The Morgan fingerprint density at radius 1 is 1.26 bits per heavy atom. The summed E-state index contributed by atoms with van der Waals surface area (Å²) in [5.74, 6) is 0.770. The first-order chi connectivity index (χ1) is 9.24. The van der Waals surface area contributed by atoms with E-state index in [-0.39, 0.29) is 0 Å². The molecule has 104 valence electrons. The molecule has 2 rings (SSSR count). The van der Waals surface area contributed by atoms with Crippen molar-refractivity contribution in [2.24, 2.45) is 5.92 Å². The van der Waals surface area contributed by atoms with Gasteiger partial charge in [-0.3, -0.25) is 0 Å². The molecule has 4 nitrogen and oxygen atoms in total. The second-order valence-electron chi connectivity index (χ2n) is 5.21. The first kappa shape index (κ1) is 13.9. The van der Waals surface area contributed by atoms with Crippen molar-refractivity contribution in [3.63, 3.8) is 0 Å². The Morgan fingerprint density at radius 3 is 2.58 bits per heavy atom. The minimum absolute atomic E-state index is 0.526. The summed E-state index contributed by atoms with van der Waals surface area (Å²) >= 11 is 0. The standard InChI is InChI=1S/C15H22N2O2/c18-15(19)16-8-11-17-9-6-14(7-10-17)12-13-4-2-1-3-5-13/h1-5,14,16H,6-12H2,(H,18,19). The van der Waals surface area contributed by atoms with Crippen molar-refractivity contribution >= 4 is 6.09 Å². The molecule has 1 aliphatic rings. The number of nitrogens with zero attached hydrogens (tertiary/aromatic N) is 1. The van der Waals surface area contributed by atoms with Crippen molar-refractivity contribution in [1.82, 2.24) is 10.2 Å². The van der Waals surface area contributed by atoms with Crippen LogP contribution in [0.4, 0.5) is 4.79 Å². The minimum Gasteiger partial charge on any atom is -0.465 e. The lowest BCUT2D eigenvalue weighted by atomic mass is 9.90. The molecule has 1 heterocycles. The van der Waals surface area contributed by atoms with Crippen molar-refractivity contribution in [3.05, 3.63) is 35.9 Å². The Labute approximate surface area is 114 Å². The molecule has 19 heavy (non-hydrogen) atoms. The van der Waals surface area contributed by atoms with E-state index in [1.165, 1.54) is 24.8 Å². The van der Waals surface area contributed by atoms with Crippen LogP contribution in [-0.4, -0.2) is 42.3 Å². The van der Waals surface area contributed by atoms with Crippen molar-refractivity contribution in [3.8, 4) is 0 Å². The fourth-order valence-corrected chi connectivity index (χ4v) is 2.68. The Bertz CT molecular complexity index is 386. The van der Waals surface area contributed by atoms with Crippen molar-refractivity contribution in [2.75, 3.05) is 26.2 Å². The number of rotatable bonds is 5. The van der Waals surface area contributed by atoms with E-state index >= 15 is 0 Å². The molecular formula is C15H22N2O2. The molecule has 0 atom stereocenters. The van der Waals surface area contributed by atoms with Crippen LogP contribution >= 0.6 is 0 Å². The Morgan fingerprint density at radius 2 is 1.95 bits per heavy atom. The molecule has 0 saturated carbocycles. The smallest absolute Gasteiger partial charge is 0.404 e. The SMILES string of the molecule is O=C(O)NCCN1CCC(Cc2ccccc2)CC1. The molecule has 0 radical (unpaired) electrons. The van der Waals surface area contributed by atoms with Gasteiger partial charge in [0.1, 0.15) is 0 Å². The van der Waals surface area contributed by atoms with Crippen LogP contribution in [0.2, 0.25) is 0 Å². The molecule has 0 aliphatic carbocycles. The van der Waals surface area contributed by atoms with Gasteiger partial charge in [0.2, 0.25) is 0 Å². The van der Waals surface area contributed by atoms with Gasteiger partial charge in [-0.1, -0.05) is 30.3 Å². The zero-order chi connectivity index (χ0) is 13.5. The molecule has 0 aromatic heterocycles. The lowest BCUT2D eigenvalue weighted by Crippen LogP contribution is -2.39. The molecule has 0 bridgehead atoms. The molecule has 0 unspecified atom stereocenters. The van der Waals surface area contributed by atoms with Crippen LogP contribution in [0.1, 0.15) is 18.4 Å². The van der Waals surface area contributed by atoms with E-state index in [0.717, 1.165) is 25.6 Å². The third-order valence-electron chi connectivity index (χ3n) is 3.78. The Balaban J connectivity index is 1.66. The summed E-state index contributed by atoms with van der Waals surface area (Å²) in [6.45, 7) is 3.51. The van der Waals surface area contributed by atoms with Gasteiger partial charge >= 0.3 is 6.09 Å². The quantitative estimate of drug-likeness (QED) is 0.855. The Kier molecular flexibility index (Phi) is 5.21. The molecule has 0 spiro atoms. The molecule has 2 N–H and O–H groups in total. The number of nitrogens with one attached hydrogen (secondary N) is 1. The number of likely N-dealkylation sites (tertiary alicyclic amines) is 1. The average Bonchev–Trinajstić information content (AvgIpc) is 2.42. The highest BCUT2D eigenvalue weighted by Gasteiger charge is 2.19. The zero-order valence-corrected chi connectivity index (χ0v) is 11.2. The van der Waals surface area contributed by atoms with Gasteiger partial charge in [-0.05, 0) is 43.8 Å². The summed E-state index contributed by atoms with van der Waals surface area (Å²) < 4.78 is 0. The number of hydrogen-bond donors (Lipinski definition) is 2. The highest BCUT2D eigenvalue weighted by atomic mass is 16.4. The van der Waals surface area contributed by atoms with Gasteiger partial charge in [-0.25, -0.2) is 4.79 Å². The molecule has 1 aromatic rings. The van der Waals surface area contributed by atoms with E-state index in [1.54, 1.807) is 0 Å². The molecule has 1 fully saturated rings. The summed E-state index contributed by atoms with van der Waals surface area (Å²) in [5, 5.41) is 10.9. The number of piperidine rings is 1. The second-order valence-corrected chi connectivity index (χ2v) is 5.21. The first-order valence-electron chi connectivity index (χ1n) is 6.97. The Hall–Kier alpha value is -1.55. The lowest BCUT2D eigenvalue weighted by molar-refractivity contribution is 0.174. The summed E-state index contributed by atoms with van der Waals surface area (Å²) in [6, 6.07) is 10.7. The van der Waals surface area contributed by atoms with Gasteiger partial charge in [0.05, 0.1) is 0 Å². The molecule has 1 aromatic carbocycles. The molecule has 4 heteroatoms. The summed E-state index contributed by atoms with van der Waals surface area (Å²) in [5.41, 5.74) is 1.42. The third kappa shape index (κ3) is 4.91. The fourth-order valence-electron chi connectivity index (χ4n) is 2.68. The largest absolute Gasteiger partial charge is 0.465 e. The normalized spacial score (nSPS) is 17.3. The van der Waals surface area contributed by atoms with Crippen LogP contribution in [0.15, 0.2) is 30.3 Å². The van der Waals surface area contributed by atoms with E-state index in [4.69, 9.17) is 5.11 Å². The minimum atomic E-state index is -0.932. The van der Waals surface area contributed by atoms with Crippen molar-refractivity contribution in [1.29, 1.82) is 0 Å². The summed E-state index contributed by atoms with van der Waals surface area (Å²) in [4.78, 5) is 12.7. The van der Waals surface area contributed by atoms with E-state index in [0.29, 0.717) is 6.54 Å². The highest BCUT2D eigenvalue weighted by molar-refractivity contribution is 5.64. The van der Waals surface area contributed by atoms with Crippen LogP contribution < -0.4 is 5.32 Å². The lowest BCUT2D eigenvalue weighted by Gasteiger charge is -2.31. The predicted octanol–water partition coefficient (Wildman–Crippen LogP) is 2.21.